The Bertz CT molecular complexity index is 723. The second-order valence-corrected chi connectivity index (χ2v) is 5.52. The van der Waals surface area contributed by atoms with Gasteiger partial charge in [0.25, 0.3) is 0 Å². The van der Waals surface area contributed by atoms with Gasteiger partial charge in [-0.15, -0.1) is 0 Å². The molecule has 0 aliphatic heterocycles. The summed E-state index contributed by atoms with van der Waals surface area (Å²) in [6, 6.07) is 4.54. The molecular formula is C18H22O7. The molecule has 0 atom stereocenters. The van der Waals surface area contributed by atoms with Gasteiger partial charge < -0.3 is 35.7 Å². The van der Waals surface area contributed by atoms with Crippen LogP contribution >= 0.6 is 0 Å². The SMILES string of the molecule is OCc1c(O)cccc1-c1c(CO)c(CO)c(CO)c(CO)c1CO. The van der Waals surface area contributed by atoms with Crippen molar-refractivity contribution < 1.29 is 35.7 Å². The Kier molecular flexibility index (Phi) is 6.49. The molecule has 7 N–H and O–H groups in total. The van der Waals surface area contributed by atoms with Crippen LogP contribution in [0.2, 0.25) is 0 Å². The van der Waals surface area contributed by atoms with E-state index in [1.165, 1.54) is 6.07 Å². The van der Waals surface area contributed by atoms with Crippen LogP contribution in [0.25, 0.3) is 11.1 Å². The number of hydrogen-bond donors (Lipinski definition) is 7. The van der Waals surface area contributed by atoms with Crippen molar-refractivity contribution in [2.45, 2.75) is 39.6 Å². The molecule has 0 fully saturated rings. The van der Waals surface area contributed by atoms with Crippen molar-refractivity contribution in [3.63, 3.8) is 0 Å². The Labute approximate surface area is 144 Å². The number of hydrogen-bond acceptors (Lipinski definition) is 7. The van der Waals surface area contributed by atoms with Crippen molar-refractivity contribution >= 4 is 0 Å². The van der Waals surface area contributed by atoms with Crippen molar-refractivity contribution in [2.75, 3.05) is 0 Å². The minimum absolute atomic E-state index is 0.157. The summed E-state index contributed by atoms with van der Waals surface area (Å²) >= 11 is 0. The zero-order chi connectivity index (χ0) is 18.6. The first-order valence-corrected chi connectivity index (χ1v) is 7.74. The molecule has 0 radical (unpaired) electrons. The fraction of sp³-hybridized carbons (Fsp3) is 0.333. The fourth-order valence-corrected chi connectivity index (χ4v) is 3.25. The van der Waals surface area contributed by atoms with Crippen LogP contribution in [0, 0.1) is 0 Å². The van der Waals surface area contributed by atoms with Crippen LogP contribution in [0.15, 0.2) is 18.2 Å². The average molecular weight is 350 g/mol. The topological polar surface area (TPSA) is 142 Å². The van der Waals surface area contributed by atoms with Gasteiger partial charge in [-0.25, -0.2) is 0 Å². The van der Waals surface area contributed by atoms with Gasteiger partial charge in [-0.05, 0) is 45.0 Å². The lowest BCUT2D eigenvalue weighted by Gasteiger charge is -2.24. The van der Waals surface area contributed by atoms with Crippen LogP contribution in [-0.4, -0.2) is 35.7 Å². The quantitative estimate of drug-likeness (QED) is 0.373. The van der Waals surface area contributed by atoms with Gasteiger partial charge >= 0.3 is 0 Å². The van der Waals surface area contributed by atoms with Crippen molar-refractivity contribution in [3.05, 3.63) is 51.6 Å². The van der Waals surface area contributed by atoms with Gasteiger partial charge in [0, 0.05) is 5.56 Å². The molecule has 0 aromatic heterocycles. The Morgan fingerprint density at radius 2 is 0.920 bits per heavy atom. The third-order valence-electron chi connectivity index (χ3n) is 4.43. The van der Waals surface area contributed by atoms with E-state index in [0.29, 0.717) is 11.1 Å². The maximum absolute atomic E-state index is 10.0. The molecule has 2 rings (SSSR count). The van der Waals surface area contributed by atoms with Gasteiger partial charge in [-0.1, -0.05) is 12.1 Å². The van der Waals surface area contributed by atoms with E-state index in [-0.39, 0.29) is 39.1 Å². The van der Waals surface area contributed by atoms with E-state index in [0.717, 1.165) is 0 Å². The Morgan fingerprint density at radius 3 is 1.32 bits per heavy atom. The van der Waals surface area contributed by atoms with Crippen LogP contribution in [0.1, 0.15) is 33.4 Å². The van der Waals surface area contributed by atoms with E-state index in [9.17, 15) is 35.7 Å². The smallest absolute Gasteiger partial charge is 0.121 e. The number of rotatable bonds is 7. The molecule has 136 valence electrons. The molecule has 0 spiro atoms. The molecule has 0 unspecified atom stereocenters. The summed E-state index contributed by atoms with van der Waals surface area (Å²) in [5.41, 5.74) is 2.12. The van der Waals surface area contributed by atoms with Crippen LogP contribution < -0.4 is 0 Å². The van der Waals surface area contributed by atoms with Crippen molar-refractivity contribution in [1.82, 2.24) is 0 Å². The second-order valence-electron chi connectivity index (χ2n) is 5.52. The standard InChI is InChI=1S/C18H22O7/c19-4-11-12(5-20)15(8-23)18(16(9-24)13(11)6-21)10-2-1-3-17(25)14(10)7-22/h1-3,19-25H,4-9H2. The summed E-state index contributed by atoms with van der Waals surface area (Å²) < 4.78 is 0. The molecule has 2 aromatic rings. The van der Waals surface area contributed by atoms with Gasteiger partial charge in [0.05, 0.1) is 39.6 Å². The monoisotopic (exact) mass is 350 g/mol. The van der Waals surface area contributed by atoms with Gasteiger partial charge in [0.15, 0.2) is 0 Å². The highest BCUT2D eigenvalue weighted by Crippen LogP contribution is 2.40. The largest absolute Gasteiger partial charge is 0.508 e. The Balaban J connectivity index is 3.01. The van der Waals surface area contributed by atoms with E-state index < -0.39 is 39.6 Å². The van der Waals surface area contributed by atoms with E-state index in [1.807, 2.05) is 0 Å². The molecule has 0 saturated carbocycles. The zero-order valence-corrected chi connectivity index (χ0v) is 13.6. The minimum atomic E-state index is -0.503. The highest BCUT2D eigenvalue weighted by atomic mass is 16.3. The van der Waals surface area contributed by atoms with Gasteiger partial charge in [0.2, 0.25) is 0 Å². The van der Waals surface area contributed by atoms with Crippen molar-refractivity contribution in [1.29, 1.82) is 0 Å². The third kappa shape index (κ3) is 3.25. The Morgan fingerprint density at radius 1 is 0.520 bits per heavy atom. The molecule has 0 amide bonds. The first-order valence-electron chi connectivity index (χ1n) is 7.74. The normalized spacial score (nSPS) is 11.1. The number of phenols is 1. The molecule has 0 aliphatic carbocycles. The van der Waals surface area contributed by atoms with Gasteiger partial charge in [0.1, 0.15) is 5.75 Å². The summed E-state index contributed by atoms with van der Waals surface area (Å²) in [4.78, 5) is 0. The summed E-state index contributed by atoms with van der Waals surface area (Å²) in [7, 11) is 0. The van der Waals surface area contributed by atoms with Gasteiger partial charge in [-0.3, -0.25) is 0 Å². The number of aliphatic hydroxyl groups is 6. The molecule has 7 nitrogen and oxygen atoms in total. The third-order valence-corrected chi connectivity index (χ3v) is 4.43. The lowest BCUT2D eigenvalue weighted by atomic mass is 9.83. The average Bonchev–Trinajstić information content (AvgIpc) is 2.64. The lowest BCUT2D eigenvalue weighted by molar-refractivity contribution is 0.233. The van der Waals surface area contributed by atoms with Crippen LogP contribution in [-0.2, 0) is 39.6 Å². The molecule has 0 heterocycles. The minimum Gasteiger partial charge on any atom is -0.508 e. The molecule has 7 heteroatoms. The second kappa shape index (κ2) is 8.39. The molecule has 25 heavy (non-hydrogen) atoms. The summed E-state index contributed by atoms with van der Waals surface area (Å²) in [6.45, 7) is -2.97. The Hall–Kier alpha value is -2.00. The van der Waals surface area contributed by atoms with Crippen LogP contribution in [0.3, 0.4) is 0 Å². The highest BCUT2D eigenvalue weighted by molar-refractivity contribution is 5.79. The van der Waals surface area contributed by atoms with Crippen LogP contribution in [0.4, 0.5) is 0 Å². The maximum Gasteiger partial charge on any atom is 0.121 e. The zero-order valence-electron chi connectivity index (χ0n) is 13.6. The van der Waals surface area contributed by atoms with E-state index in [4.69, 9.17) is 0 Å². The number of aliphatic hydroxyl groups excluding tert-OH is 6. The molecule has 0 aliphatic rings. The number of aromatic hydroxyl groups is 1. The first-order chi connectivity index (χ1) is 12.1. The summed E-state index contributed by atoms with van der Waals surface area (Å²) in [6.07, 6.45) is 0. The summed E-state index contributed by atoms with van der Waals surface area (Å²) in [5.74, 6) is -0.157. The molecule has 2 aromatic carbocycles. The fourth-order valence-electron chi connectivity index (χ4n) is 3.25. The van der Waals surface area contributed by atoms with Crippen molar-refractivity contribution in [2.24, 2.45) is 0 Å². The maximum atomic E-state index is 10.0. The predicted molar refractivity (Wildman–Crippen MR) is 89.1 cm³/mol. The van der Waals surface area contributed by atoms with Gasteiger partial charge in [-0.2, -0.15) is 0 Å². The lowest BCUT2D eigenvalue weighted by Crippen LogP contribution is -2.13. The molecular weight excluding hydrogens is 328 g/mol. The first kappa shape index (κ1) is 19.3. The number of benzene rings is 2. The van der Waals surface area contributed by atoms with E-state index >= 15 is 0 Å². The van der Waals surface area contributed by atoms with E-state index in [2.05, 4.69) is 0 Å². The summed E-state index contributed by atoms with van der Waals surface area (Å²) in [5, 5.41) is 68.5. The highest BCUT2D eigenvalue weighted by Gasteiger charge is 2.24. The molecule has 0 bridgehead atoms. The predicted octanol–water partition coefficient (Wildman–Crippen LogP) is 0.0130. The van der Waals surface area contributed by atoms with Crippen LogP contribution in [0.5, 0.6) is 5.75 Å². The van der Waals surface area contributed by atoms with E-state index in [1.54, 1.807) is 12.1 Å². The van der Waals surface area contributed by atoms with Crippen molar-refractivity contribution in [3.8, 4) is 16.9 Å². The molecule has 0 saturated heterocycles.